The van der Waals surface area contributed by atoms with E-state index < -0.39 is 7.26 Å². The van der Waals surface area contributed by atoms with Gasteiger partial charge in [0.25, 0.3) is 5.56 Å². The molecule has 0 amide bonds. The van der Waals surface area contributed by atoms with Crippen LogP contribution in [0.1, 0.15) is 5.69 Å². The Morgan fingerprint density at radius 2 is 1.33 bits per heavy atom. The summed E-state index contributed by atoms with van der Waals surface area (Å²) in [5.74, 6) is 0. The van der Waals surface area contributed by atoms with Crippen LogP contribution < -0.4 is 33.9 Å². The summed E-state index contributed by atoms with van der Waals surface area (Å²) in [6.45, 7) is 0. The molecule has 0 aliphatic heterocycles. The Labute approximate surface area is 207 Å². The summed E-state index contributed by atoms with van der Waals surface area (Å²) in [6.07, 6.45) is 2.63. The van der Waals surface area contributed by atoms with Gasteiger partial charge in [-0.3, -0.25) is 4.79 Å². The number of thioether (sulfide) groups is 1. The van der Waals surface area contributed by atoms with E-state index in [0.717, 1.165) is 10.0 Å². The summed E-state index contributed by atoms with van der Waals surface area (Å²) < 4.78 is 2.25. The summed E-state index contributed by atoms with van der Waals surface area (Å²) in [7, 11) is -2.10. The quantitative estimate of drug-likeness (QED) is 0.256. The highest BCUT2D eigenvalue weighted by atomic mass is 35.5. The zero-order valence-corrected chi connectivity index (χ0v) is 21.1. The monoisotopic (exact) mass is 509 g/mol. The molecule has 8 heteroatoms. The lowest BCUT2D eigenvalue weighted by Gasteiger charge is -2.27. The van der Waals surface area contributed by atoms with Crippen molar-refractivity contribution in [3.63, 3.8) is 0 Å². The summed E-state index contributed by atoms with van der Waals surface area (Å²) in [6, 6.07) is 33.6. The van der Waals surface area contributed by atoms with Crippen molar-refractivity contribution in [3.05, 3.63) is 113 Å². The molecule has 3 aromatic carbocycles. The van der Waals surface area contributed by atoms with Gasteiger partial charge in [0.15, 0.2) is 4.34 Å². The van der Waals surface area contributed by atoms with E-state index in [4.69, 9.17) is 4.98 Å². The van der Waals surface area contributed by atoms with Crippen LogP contribution >= 0.6 is 30.4 Å². The topological polar surface area (TPSA) is 47.3 Å². The second-order valence-electron chi connectivity index (χ2n) is 7.33. The Bertz CT molecular complexity index is 1310. The van der Waals surface area contributed by atoms with Crippen LogP contribution in [0.3, 0.4) is 0 Å². The van der Waals surface area contributed by atoms with Crippen molar-refractivity contribution in [1.29, 1.82) is 0 Å². The van der Waals surface area contributed by atoms with Gasteiger partial charge in [-0.15, -0.1) is 5.10 Å². The van der Waals surface area contributed by atoms with Crippen LogP contribution in [0.4, 0.5) is 0 Å². The zero-order valence-electron chi connectivity index (χ0n) is 17.8. The Morgan fingerprint density at radius 3 is 1.79 bits per heavy atom. The summed E-state index contributed by atoms with van der Waals surface area (Å²) >= 11 is 2.98. The molecular weight excluding hydrogens is 489 g/mol. The fourth-order valence-electron chi connectivity index (χ4n) is 4.01. The first-order valence-electron chi connectivity index (χ1n) is 10.2. The molecule has 5 aromatic rings. The number of hydrogen-bond acceptors (Lipinski definition) is 5. The van der Waals surface area contributed by atoms with Crippen LogP contribution in [-0.2, 0) is 6.16 Å². The number of benzene rings is 3. The van der Waals surface area contributed by atoms with Crippen molar-refractivity contribution < 1.29 is 12.4 Å². The molecule has 0 bridgehead atoms. The molecule has 0 aliphatic carbocycles. The van der Waals surface area contributed by atoms with Crippen LogP contribution in [0.25, 0.3) is 4.96 Å². The zero-order chi connectivity index (χ0) is 22.0. The molecular formula is C25H21ClN3OPS2. The van der Waals surface area contributed by atoms with Crippen molar-refractivity contribution >= 4 is 51.2 Å². The van der Waals surface area contributed by atoms with Crippen LogP contribution in [0, 0.1) is 0 Å². The van der Waals surface area contributed by atoms with Crippen LogP contribution in [0.2, 0.25) is 0 Å². The highest BCUT2D eigenvalue weighted by Crippen LogP contribution is 2.57. The third-order valence-corrected chi connectivity index (χ3v) is 11.7. The molecule has 0 N–H and O–H groups in total. The lowest BCUT2D eigenvalue weighted by Crippen LogP contribution is -3.00. The van der Waals surface area contributed by atoms with Crippen molar-refractivity contribution in [1.82, 2.24) is 14.6 Å². The van der Waals surface area contributed by atoms with Crippen molar-refractivity contribution in [3.8, 4) is 0 Å². The number of halogens is 1. The SMILES string of the molecule is CSc1nn2c(=O)cc(C[P+](c3ccccc3)(c3ccccc3)c3ccccc3)nc2s1.[Cl-]. The molecule has 0 spiro atoms. The molecule has 0 atom stereocenters. The third-order valence-electron chi connectivity index (χ3n) is 5.44. The maximum atomic E-state index is 12.9. The van der Waals surface area contributed by atoms with Gasteiger partial charge >= 0.3 is 0 Å². The molecule has 0 fully saturated rings. The first-order chi connectivity index (χ1) is 15.7. The molecule has 0 radical (unpaired) electrons. The Kier molecular flexibility index (Phi) is 7.30. The predicted molar refractivity (Wildman–Crippen MR) is 138 cm³/mol. The minimum absolute atomic E-state index is 0. The van der Waals surface area contributed by atoms with Gasteiger partial charge in [0.2, 0.25) is 4.96 Å². The van der Waals surface area contributed by atoms with E-state index in [1.807, 2.05) is 24.5 Å². The van der Waals surface area contributed by atoms with Crippen LogP contribution in [0.5, 0.6) is 0 Å². The number of nitrogens with zero attached hydrogens (tertiary/aromatic N) is 3. The molecule has 2 heterocycles. The van der Waals surface area contributed by atoms with Gasteiger partial charge in [0, 0.05) is 6.07 Å². The van der Waals surface area contributed by atoms with E-state index >= 15 is 0 Å². The Morgan fingerprint density at radius 1 is 0.848 bits per heavy atom. The van der Waals surface area contributed by atoms with Crippen LogP contribution in [0.15, 0.2) is 106 Å². The summed E-state index contributed by atoms with van der Waals surface area (Å²) in [5.41, 5.74) is 0.671. The second-order valence-corrected chi connectivity index (χ2v) is 12.8. The normalized spacial score (nSPS) is 11.3. The Hall–Kier alpha value is -2.50. The molecule has 5 rings (SSSR count). The predicted octanol–water partition coefficient (Wildman–Crippen LogP) is 1.37. The van der Waals surface area contributed by atoms with E-state index in [2.05, 4.69) is 77.9 Å². The van der Waals surface area contributed by atoms with Crippen molar-refractivity contribution in [2.45, 2.75) is 10.5 Å². The van der Waals surface area contributed by atoms with E-state index in [1.165, 1.54) is 43.5 Å². The highest BCUT2D eigenvalue weighted by molar-refractivity contribution is 8.00. The molecule has 0 unspecified atom stereocenters. The standard InChI is InChI=1S/C25H21N3OPS2.ClH/c1-31-25-27-28-23(29)17-19(26-24(28)32-25)18-30(20-11-5-2-6-12-20,21-13-7-3-8-14-21)22-15-9-4-10-16-22;/h2-17H,18H2,1H3;1H/q+1;/p-1. The average Bonchev–Trinajstić information content (AvgIpc) is 3.28. The van der Waals surface area contributed by atoms with Crippen molar-refractivity contribution in [2.24, 2.45) is 0 Å². The Balaban J connectivity index is 0.00000259. The maximum Gasteiger partial charge on any atom is 0.275 e. The van der Waals surface area contributed by atoms with E-state index in [0.29, 0.717) is 11.1 Å². The number of rotatable bonds is 6. The van der Waals surface area contributed by atoms with E-state index in [1.54, 1.807) is 6.07 Å². The number of aromatic nitrogens is 3. The second kappa shape index (κ2) is 10.2. The van der Waals surface area contributed by atoms with Gasteiger partial charge in [-0.25, -0.2) is 4.98 Å². The molecule has 166 valence electrons. The highest BCUT2D eigenvalue weighted by Gasteiger charge is 2.46. The summed E-state index contributed by atoms with van der Waals surface area (Å²) in [5, 5.41) is 8.19. The third kappa shape index (κ3) is 4.49. The van der Waals surface area contributed by atoms with Gasteiger partial charge in [0.1, 0.15) is 29.3 Å². The van der Waals surface area contributed by atoms with Gasteiger partial charge in [-0.1, -0.05) is 77.7 Å². The molecule has 0 saturated heterocycles. The summed E-state index contributed by atoms with van der Waals surface area (Å²) in [4.78, 5) is 18.4. The lowest BCUT2D eigenvalue weighted by atomic mass is 10.3. The van der Waals surface area contributed by atoms with Gasteiger partial charge in [0.05, 0.1) is 5.69 Å². The molecule has 0 saturated carbocycles. The average molecular weight is 510 g/mol. The first-order valence-corrected chi connectivity index (χ1v) is 14.2. The van der Waals surface area contributed by atoms with E-state index in [9.17, 15) is 4.79 Å². The largest absolute Gasteiger partial charge is 1.00 e. The fraction of sp³-hybridized carbons (Fsp3) is 0.0800. The van der Waals surface area contributed by atoms with Gasteiger partial charge in [-0.2, -0.15) is 4.52 Å². The van der Waals surface area contributed by atoms with E-state index in [-0.39, 0.29) is 18.0 Å². The van der Waals surface area contributed by atoms with Gasteiger partial charge < -0.3 is 12.4 Å². The number of hydrogen-bond donors (Lipinski definition) is 0. The smallest absolute Gasteiger partial charge is 0.275 e. The molecule has 33 heavy (non-hydrogen) atoms. The molecule has 0 aliphatic rings. The molecule has 2 aromatic heterocycles. The van der Waals surface area contributed by atoms with Crippen LogP contribution in [-0.4, -0.2) is 20.9 Å². The lowest BCUT2D eigenvalue weighted by molar-refractivity contribution is -0.00000639. The fourth-order valence-corrected chi connectivity index (χ4v) is 9.53. The first kappa shape index (κ1) is 23.7. The minimum Gasteiger partial charge on any atom is -1.00 e. The number of fused-ring (bicyclic) bond motifs is 1. The minimum atomic E-state index is -2.10. The van der Waals surface area contributed by atoms with Crippen molar-refractivity contribution in [2.75, 3.05) is 6.26 Å². The molecule has 4 nitrogen and oxygen atoms in total. The maximum absolute atomic E-state index is 12.9. The van der Waals surface area contributed by atoms with Gasteiger partial charge in [-0.05, 0) is 42.7 Å².